The lowest BCUT2D eigenvalue weighted by Crippen LogP contribution is -2.52. The number of hydrogen-bond acceptors (Lipinski definition) is 3. The van der Waals surface area contributed by atoms with Crippen LogP contribution in [-0.4, -0.2) is 18.0 Å². The van der Waals surface area contributed by atoms with Crippen LogP contribution in [0.1, 0.15) is 67.5 Å². The zero-order chi connectivity index (χ0) is 18.6. The molecular weight excluding hydrogens is 366 g/mol. The number of rotatable bonds is 2. The van der Waals surface area contributed by atoms with E-state index in [1.807, 2.05) is 0 Å². The van der Waals surface area contributed by atoms with Crippen molar-refractivity contribution in [2.24, 2.45) is 0 Å². The van der Waals surface area contributed by atoms with E-state index in [0.717, 1.165) is 62.3 Å². The Kier molecular flexibility index (Phi) is 3.86. The van der Waals surface area contributed by atoms with Gasteiger partial charge in [0.05, 0.1) is 16.2 Å². The summed E-state index contributed by atoms with van der Waals surface area (Å²) in [6.07, 6.45) is 8.09. The summed E-state index contributed by atoms with van der Waals surface area (Å²) in [5, 5.41) is 10.2. The summed E-state index contributed by atoms with van der Waals surface area (Å²) in [5.74, 6) is 0.107. The van der Waals surface area contributed by atoms with Gasteiger partial charge in [-0.05, 0) is 44.2 Å². The maximum absolute atomic E-state index is 12.6. The predicted octanol–water partition coefficient (Wildman–Crippen LogP) is 4.66. The fraction of sp³-hybridized carbons (Fsp3) is 0.500. The molecule has 0 saturated heterocycles. The summed E-state index contributed by atoms with van der Waals surface area (Å²) in [7, 11) is 0. The zero-order valence-corrected chi connectivity index (χ0v) is 15.7. The molecule has 0 atom stereocenters. The number of fused-ring (bicyclic) bond motifs is 4. The number of anilines is 1. The number of benzene rings is 1. The summed E-state index contributed by atoms with van der Waals surface area (Å²) in [4.78, 5) is 24.9. The van der Waals surface area contributed by atoms with Gasteiger partial charge in [0.15, 0.2) is 5.76 Å². The van der Waals surface area contributed by atoms with Crippen LogP contribution < -0.4 is 16.0 Å². The molecule has 2 fully saturated rings. The van der Waals surface area contributed by atoms with Crippen LogP contribution in [0.25, 0.3) is 11.0 Å². The molecule has 2 aromatic rings. The lowest BCUT2D eigenvalue weighted by atomic mass is 9.74. The van der Waals surface area contributed by atoms with Gasteiger partial charge in [0, 0.05) is 17.0 Å². The van der Waals surface area contributed by atoms with Crippen molar-refractivity contribution >= 4 is 40.2 Å². The van der Waals surface area contributed by atoms with Crippen molar-refractivity contribution in [3.05, 3.63) is 28.5 Å². The highest BCUT2D eigenvalue weighted by Gasteiger charge is 2.44. The molecule has 7 heteroatoms. The smallest absolute Gasteiger partial charge is 0.319 e. The Balaban J connectivity index is 1.64. The molecule has 0 unspecified atom stereocenters. The van der Waals surface area contributed by atoms with Crippen LogP contribution in [0.3, 0.4) is 0 Å². The summed E-state index contributed by atoms with van der Waals surface area (Å²) in [6, 6.07) is 3.53. The third kappa shape index (κ3) is 2.69. The van der Waals surface area contributed by atoms with E-state index < -0.39 is 5.54 Å². The molecule has 5 rings (SSSR count). The number of hydrogen-bond donors (Lipinski definition) is 3. The minimum Gasteiger partial charge on any atom is -0.450 e. The highest BCUT2D eigenvalue weighted by atomic mass is 35.5. The van der Waals surface area contributed by atoms with E-state index in [-0.39, 0.29) is 18.0 Å². The highest BCUT2D eigenvalue weighted by molar-refractivity contribution is 6.35. The highest BCUT2D eigenvalue weighted by Crippen LogP contribution is 2.48. The van der Waals surface area contributed by atoms with Crippen LogP contribution in [0, 0.1) is 0 Å². The number of urea groups is 1. The van der Waals surface area contributed by atoms with E-state index in [9.17, 15) is 9.59 Å². The summed E-state index contributed by atoms with van der Waals surface area (Å²) >= 11 is 6.51. The monoisotopic (exact) mass is 387 g/mol. The second kappa shape index (κ2) is 6.16. The van der Waals surface area contributed by atoms with Crippen molar-refractivity contribution in [2.75, 3.05) is 5.32 Å². The Morgan fingerprint density at radius 3 is 2.67 bits per heavy atom. The van der Waals surface area contributed by atoms with Gasteiger partial charge in [0.1, 0.15) is 5.58 Å². The van der Waals surface area contributed by atoms with Gasteiger partial charge < -0.3 is 20.4 Å². The van der Waals surface area contributed by atoms with Gasteiger partial charge in [-0.3, -0.25) is 4.79 Å². The van der Waals surface area contributed by atoms with E-state index in [1.165, 1.54) is 0 Å². The molecule has 142 valence electrons. The average Bonchev–Trinajstić information content (AvgIpc) is 3.02. The second-order valence-electron chi connectivity index (χ2n) is 7.96. The van der Waals surface area contributed by atoms with Crippen LogP contribution in [-0.2, 0) is 5.54 Å². The number of amides is 3. The van der Waals surface area contributed by atoms with Crippen LogP contribution >= 0.6 is 11.6 Å². The van der Waals surface area contributed by atoms with E-state index >= 15 is 0 Å². The fourth-order valence-corrected chi connectivity index (χ4v) is 4.86. The van der Waals surface area contributed by atoms with Crippen LogP contribution in [0.5, 0.6) is 0 Å². The molecule has 1 spiro atoms. The molecule has 2 aliphatic carbocycles. The molecule has 3 aliphatic rings. The van der Waals surface area contributed by atoms with Crippen LogP contribution in [0.2, 0.25) is 5.02 Å². The minimum atomic E-state index is -0.487. The summed E-state index contributed by atoms with van der Waals surface area (Å²) < 4.78 is 6.05. The molecule has 2 saturated carbocycles. The first-order chi connectivity index (χ1) is 13.1. The number of nitrogens with one attached hydrogen (secondary N) is 3. The van der Waals surface area contributed by atoms with Gasteiger partial charge in [-0.25, -0.2) is 4.79 Å². The van der Waals surface area contributed by atoms with Crippen molar-refractivity contribution in [3.63, 3.8) is 0 Å². The van der Waals surface area contributed by atoms with Gasteiger partial charge in [-0.1, -0.05) is 30.9 Å². The Morgan fingerprint density at radius 2 is 1.96 bits per heavy atom. The molecule has 0 bridgehead atoms. The molecule has 6 nitrogen and oxygen atoms in total. The number of carbonyl (C=O) groups excluding carboxylic acids is 2. The Hall–Kier alpha value is -2.21. The van der Waals surface area contributed by atoms with E-state index in [2.05, 4.69) is 16.0 Å². The normalized spacial score (nSPS) is 21.3. The SMILES string of the molecule is O=C1Nc2c(Cl)cc3cc(C(=O)NC4CCC4)oc3c2C2(CCCCC2)N1. The Bertz CT molecular complexity index is 942. The van der Waals surface area contributed by atoms with Gasteiger partial charge in [0.25, 0.3) is 5.91 Å². The lowest BCUT2D eigenvalue weighted by Gasteiger charge is -2.42. The third-order valence-corrected chi connectivity index (χ3v) is 6.50. The number of carbonyl (C=O) groups is 2. The largest absolute Gasteiger partial charge is 0.450 e. The van der Waals surface area contributed by atoms with Crippen molar-refractivity contribution < 1.29 is 14.0 Å². The number of furan rings is 1. The zero-order valence-electron chi connectivity index (χ0n) is 15.0. The van der Waals surface area contributed by atoms with Crippen LogP contribution in [0.4, 0.5) is 10.5 Å². The quantitative estimate of drug-likeness (QED) is 0.700. The lowest BCUT2D eigenvalue weighted by molar-refractivity contribution is 0.0890. The molecule has 1 aromatic carbocycles. The van der Waals surface area contributed by atoms with Crippen molar-refractivity contribution in [1.82, 2.24) is 10.6 Å². The second-order valence-corrected chi connectivity index (χ2v) is 8.37. The molecule has 3 amide bonds. The van der Waals surface area contributed by atoms with Gasteiger partial charge >= 0.3 is 6.03 Å². The molecule has 27 heavy (non-hydrogen) atoms. The maximum atomic E-state index is 12.6. The first-order valence-electron chi connectivity index (χ1n) is 9.72. The van der Waals surface area contributed by atoms with E-state index in [4.69, 9.17) is 16.0 Å². The summed E-state index contributed by atoms with van der Waals surface area (Å²) in [5.41, 5.74) is 1.64. The Morgan fingerprint density at radius 1 is 1.19 bits per heavy atom. The fourth-order valence-electron chi connectivity index (χ4n) is 4.60. The van der Waals surface area contributed by atoms with Crippen LogP contribution in [0.15, 0.2) is 16.5 Å². The van der Waals surface area contributed by atoms with Crippen molar-refractivity contribution in [2.45, 2.75) is 62.9 Å². The third-order valence-electron chi connectivity index (χ3n) is 6.20. The van der Waals surface area contributed by atoms with Gasteiger partial charge in [-0.2, -0.15) is 0 Å². The predicted molar refractivity (Wildman–Crippen MR) is 103 cm³/mol. The maximum Gasteiger partial charge on any atom is 0.319 e. The Labute approximate surface area is 162 Å². The minimum absolute atomic E-state index is 0.189. The molecule has 2 heterocycles. The van der Waals surface area contributed by atoms with E-state index in [1.54, 1.807) is 12.1 Å². The van der Waals surface area contributed by atoms with Gasteiger partial charge in [-0.15, -0.1) is 0 Å². The van der Waals surface area contributed by atoms with Gasteiger partial charge in [0.2, 0.25) is 0 Å². The molecule has 1 aliphatic heterocycles. The van der Waals surface area contributed by atoms with Crippen molar-refractivity contribution in [1.29, 1.82) is 0 Å². The van der Waals surface area contributed by atoms with E-state index in [0.29, 0.717) is 22.1 Å². The first-order valence-corrected chi connectivity index (χ1v) is 10.1. The summed E-state index contributed by atoms with van der Waals surface area (Å²) in [6.45, 7) is 0. The average molecular weight is 388 g/mol. The number of halogens is 1. The standard InChI is InChI=1S/C20H22ClN3O3/c21-13-9-11-10-14(18(25)22-12-5-4-6-12)27-17(11)15-16(13)23-19(26)24-20(15)7-2-1-3-8-20/h9-10,12H,1-8H2,(H,22,25)(H2,23,24,26). The molecule has 3 N–H and O–H groups in total. The molecule has 1 aromatic heterocycles. The van der Waals surface area contributed by atoms with Crippen molar-refractivity contribution in [3.8, 4) is 0 Å². The topological polar surface area (TPSA) is 83.4 Å². The molecule has 0 radical (unpaired) electrons. The molecular formula is C20H22ClN3O3. The first kappa shape index (κ1) is 16.9.